The molecule has 0 aromatic heterocycles. The zero-order valence-corrected chi connectivity index (χ0v) is 13.0. The third kappa shape index (κ3) is 3.98. The van der Waals surface area contributed by atoms with Crippen LogP contribution in [0.25, 0.3) is 0 Å². The van der Waals surface area contributed by atoms with E-state index in [-0.39, 0.29) is 49.2 Å². The van der Waals surface area contributed by atoms with E-state index >= 15 is 0 Å². The van der Waals surface area contributed by atoms with Crippen LogP contribution >= 0.6 is 0 Å². The highest BCUT2D eigenvalue weighted by Gasteiger charge is 2.46. The Morgan fingerprint density at radius 3 is 2.27 bits per heavy atom. The molecular formula is C16H24O6. The Kier molecular flexibility index (Phi) is 4.98. The minimum atomic E-state index is -0.210. The lowest BCUT2D eigenvalue weighted by atomic mass is 9.89. The molecule has 0 radical (unpaired) electrons. The highest BCUT2D eigenvalue weighted by atomic mass is 16.6. The molecule has 5 atom stereocenters. The molecule has 0 bridgehead atoms. The normalized spacial score (nSPS) is 37.0. The summed E-state index contributed by atoms with van der Waals surface area (Å²) in [6.45, 7) is 2.82. The lowest BCUT2D eigenvalue weighted by Gasteiger charge is -2.25. The Hall–Kier alpha value is -1.14. The number of rotatable bonds is 5. The van der Waals surface area contributed by atoms with Crippen LogP contribution in [0.15, 0.2) is 0 Å². The van der Waals surface area contributed by atoms with Gasteiger partial charge in [0.1, 0.15) is 13.2 Å². The molecule has 3 rings (SSSR count). The fourth-order valence-electron chi connectivity index (χ4n) is 3.35. The summed E-state index contributed by atoms with van der Waals surface area (Å²) in [5.41, 5.74) is 0. The Morgan fingerprint density at radius 1 is 0.955 bits per heavy atom. The van der Waals surface area contributed by atoms with E-state index in [0.29, 0.717) is 25.6 Å². The highest BCUT2D eigenvalue weighted by Crippen LogP contribution is 2.39. The summed E-state index contributed by atoms with van der Waals surface area (Å²) < 4.78 is 21.2. The number of hydrogen-bond donors (Lipinski definition) is 0. The highest BCUT2D eigenvalue weighted by molar-refractivity contribution is 5.73. The van der Waals surface area contributed by atoms with Crippen molar-refractivity contribution in [3.63, 3.8) is 0 Å². The minimum Gasteiger partial charge on any atom is -0.462 e. The van der Waals surface area contributed by atoms with Crippen LogP contribution in [0.1, 0.15) is 39.0 Å². The van der Waals surface area contributed by atoms with Crippen molar-refractivity contribution in [2.45, 2.75) is 57.3 Å². The number of carbonyl (C=O) groups excluding carboxylic acids is 2. The van der Waals surface area contributed by atoms with Crippen LogP contribution in [0.4, 0.5) is 0 Å². The van der Waals surface area contributed by atoms with Gasteiger partial charge in [-0.25, -0.2) is 0 Å². The van der Waals surface area contributed by atoms with Crippen LogP contribution in [-0.4, -0.2) is 50.1 Å². The van der Waals surface area contributed by atoms with E-state index < -0.39 is 0 Å². The molecule has 2 saturated heterocycles. The molecular weight excluding hydrogens is 288 g/mol. The van der Waals surface area contributed by atoms with Gasteiger partial charge in [-0.1, -0.05) is 0 Å². The molecule has 1 aliphatic carbocycles. The molecule has 3 aliphatic rings. The monoisotopic (exact) mass is 312 g/mol. The summed E-state index contributed by atoms with van der Waals surface area (Å²) in [6, 6.07) is 0. The Morgan fingerprint density at radius 2 is 1.64 bits per heavy atom. The van der Waals surface area contributed by atoms with Gasteiger partial charge in [0, 0.05) is 6.61 Å². The number of esters is 2. The smallest absolute Gasteiger partial charge is 0.309 e. The lowest BCUT2D eigenvalue weighted by molar-refractivity contribution is -0.160. The number of ether oxygens (including phenoxy) is 4. The van der Waals surface area contributed by atoms with Gasteiger partial charge in [-0.2, -0.15) is 0 Å². The fraction of sp³-hybridized carbons (Fsp3) is 0.875. The van der Waals surface area contributed by atoms with E-state index in [4.69, 9.17) is 18.9 Å². The van der Waals surface area contributed by atoms with Gasteiger partial charge in [0.2, 0.25) is 0 Å². The van der Waals surface area contributed by atoms with Crippen LogP contribution in [0.3, 0.4) is 0 Å². The Bertz CT molecular complexity index is 403. The largest absolute Gasteiger partial charge is 0.462 e. The first-order valence-electron chi connectivity index (χ1n) is 8.24. The molecule has 2 heterocycles. The molecule has 0 N–H and O–H groups in total. The van der Waals surface area contributed by atoms with Gasteiger partial charge >= 0.3 is 11.9 Å². The third-order valence-corrected chi connectivity index (χ3v) is 4.73. The zero-order valence-electron chi connectivity index (χ0n) is 13.0. The molecule has 6 heteroatoms. The molecule has 0 aromatic carbocycles. The summed E-state index contributed by atoms with van der Waals surface area (Å²) in [5, 5.41) is 0. The summed E-state index contributed by atoms with van der Waals surface area (Å²) in [4.78, 5) is 23.8. The summed E-state index contributed by atoms with van der Waals surface area (Å²) >= 11 is 0. The number of carbonyl (C=O) groups is 2. The van der Waals surface area contributed by atoms with Crippen LogP contribution in [0.5, 0.6) is 0 Å². The lowest BCUT2D eigenvalue weighted by Crippen LogP contribution is -2.30. The zero-order chi connectivity index (χ0) is 15.5. The molecule has 6 nitrogen and oxygen atoms in total. The summed E-state index contributed by atoms with van der Waals surface area (Å²) in [5.74, 6) is -0.555. The van der Waals surface area contributed by atoms with Crippen molar-refractivity contribution in [2.24, 2.45) is 11.8 Å². The van der Waals surface area contributed by atoms with Gasteiger partial charge in [-0.05, 0) is 39.0 Å². The Balaban J connectivity index is 1.29. The van der Waals surface area contributed by atoms with Gasteiger partial charge in [0.05, 0.1) is 30.1 Å². The van der Waals surface area contributed by atoms with Crippen molar-refractivity contribution in [1.82, 2.24) is 0 Å². The van der Waals surface area contributed by atoms with Crippen LogP contribution in [0.2, 0.25) is 0 Å². The van der Waals surface area contributed by atoms with E-state index in [1.54, 1.807) is 0 Å². The molecule has 2 aliphatic heterocycles. The predicted octanol–water partition coefficient (Wildman–Crippen LogP) is 1.46. The summed E-state index contributed by atoms with van der Waals surface area (Å²) in [6.07, 6.45) is 4.69. The maximum atomic E-state index is 11.9. The molecule has 0 spiro atoms. The maximum Gasteiger partial charge on any atom is 0.309 e. The molecule has 22 heavy (non-hydrogen) atoms. The van der Waals surface area contributed by atoms with Crippen LogP contribution in [0, 0.1) is 11.8 Å². The number of hydrogen-bond acceptors (Lipinski definition) is 6. The van der Waals surface area contributed by atoms with Gasteiger partial charge in [-0.3, -0.25) is 9.59 Å². The van der Waals surface area contributed by atoms with E-state index in [2.05, 4.69) is 0 Å². The molecule has 0 amide bonds. The quantitative estimate of drug-likeness (QED) is 0.434. The fourth-order valence-corrected chi connectivity index (χ4v) is 3.35. The van der Waals surface area contributed by atoms with Gasteiger partial charge in [0.25, 0.3) is 0 Å². The standard InChI is InChI=1S/C16H24O6/c1-10-8-12(4-5-19-10)16(18)21-7-6-20-15(17)11-2-3-13-14(9-11)22-13/h10-14H,2-9H2,1H3. The molecule has 5 unspecified atom stereocenters. The molecule has 3 fully saturated rings. The van der Waals surface area contributed by atoms with Crippen molar-refractivity contribution in [3.8, 4) is 0 Å². The second-order valence-electron chi connectivity index (χ2n) is 6.46. The van der Waals surface area contributed by atoms with E-state index in [9.17, 15) is 9.59 Å². The van der Waals surface area contributed by atoms with E-state index in [0.717, 1.165) is 19.3 Å². The topological polar surface area (TPSA) is 74.4 Å². The second kappa shape index (κ2) is 6.96. The average molecular weight is 312 g/mol. The van der Waals surface area contributed by atoms with Gasteiger partial charge in [-0.15, -0.1) is 0 Å². The van der Waals surface area contributed by atoms with Crippen LogP contribution in [-0.2, 0) is 28.5 Å². The van der Waals surface area contributed by atoms with Gasteiger partial charge in [0.15, 0.2) is 0 Å². The van der Waals surface area contributed by atoms with Crippen molar-refractivity contribution >= 4 is 11.9 Å². The number of epoxide rings is 1. The van der Waals surface area contributed by atoms with Crippen LogP contribution < -0.4 is 0 Å². The number of fused-ring (bicyclic) bond motifs is 1. The SMILES string of the molecule is CC1CC(C(=O)OCCOC(=O)C2CCC3OC3C2)CCO1. The maximum absolute atomic E-state index is 11.9. The molecule has 0 aromatic rings. The Labute approximate surface area is 130 Å². The molecule has 124 valence electrons. The molecule has 1 saturated carbocycles. The van der Waals surface area contributed by atoms with Gasteiger partial charge < -0.3 is 18.9 Å². The van der Waals surface area contributed by atoms with Crippen molar-refractivity contribution < 1.29 is 28.5 Å². The van der Waals surface area contributed by atoms with E-state index in [1.807, 2.05) is 6.92 Å². The van der Waals surface area contributed by atoms with Crippen molar-refractivity contribution in [3.05, 3.63) is 0 Å². The van der Waals surface area contributed by atoms with Crippen molar-refractivity contribution in [2.75, 3.05) is 19.8 Å². The average Bonchev–Trinajstić information content (AvgIpc) is 3.29. The predicted molar refractivity (Wildman–Crippen MR) is 76.1 cm³/mol. The third-order valence-electron chi connectivity index (χ3n) is 4.73. The van der Waals surface area contributed by atoms with E-state index in [1.165, 1.54) is 0 Å². The second-order valence-corrected chi connectivity index (χ2v) is 6.46. The first kappa shape index (κ1) is 15.7. The minimum absolute atomic E-state index is 0.0594. The van der Waals surface area contributed by atoms with Crippen molar-refractivity contribution in [1.29, 1.82) is 0 Å². The summed E-state index contributed by atoms with van der Waals surface area (Å²) in [7, 11) is 0. The first-order chi connectivity index (χ1) is 10.6. The first-order valence-corrected chi connectivity index (χ1v) is 8.24.